The van der Waals surface area contributed by atoms with Gasteiger partial charge in [0.2, 0.25) is 0 Å². The van der Waals surface area contributed by atoms with Gasteiger partial charge in [-0.1, -0.05) is 78.0 Å². The van der Waals surface area contributed by atoms with Gasteiger partial charge in [0.15, 0.2) is 5.17 Å². The molecule has 1 amide bonds. The Bertz CT molecular complexity index is 1010. The lowest BCUT2D eigenvalue weighted by Gasteiger charge is -2.18. The van der Waals surface area contributed by atoms with E-state index in [2.05, 4.69) is 4.99 Å². The third-order valence-electron chi connectivity index (χ3n) is 4.18. The number of amidine groups is 1. The largest absolute Gasteiger partial charge is 0.283 e. The first-order valence-electron chi connectivity index (χ1n) is 8.70. The van der Waals surface area contributed by atoms with Crippen molar-refractivity contribution in [3.8, 4) is 0 Å². The summed E-state index contributed by atoms with van der Waals surface area (Å²) in [7, 11) is 0. The van der Waals surface area contributed by atoms with Gasteiger partial charge in [-0.25, -0.2) is 4.99 Å². The first-order chi connectivity index (χ1) is 13.2. The second-order valence-corrected chi connectivity index (χ2v) is 7.27. The summed E-state index contributed by atoms with van der Waals surface area (Å²) < 4.78 is 0. The Morgan fingerprint density at radius 1 is 0.852 bits per heavy atom. The Balaban J connectivity index is 1.74. The van der Waals surface area contributed by atoms with Gasteiger partial charge in [0.05, 0.1) is 5.69 Å². The van der Waals surface area contributed by atoms with Crippen LogP contribution in [0.3, 0.4) is 0 Å². The maximum Gasteiger partial charge on any atom is 0.283 e. The van der Waals surface area contributed by atoms with Crippen LogP contribution in [0.5, 0.6) is 0 Å². The topological polar surface area (TPSA) is 32.7 Å². The molecule has 132 valence electrons. The summed E-state index contributed by atoms with van der Waals surface area (Å²) in [5.41, 5.74) is 3.38. The molecule has 0 unspecified atom stereocenters. The molecular formula is C23H18N2OS. The van der Waals surface area contributed by atoms with Gasteiger partial charge in [-0.3, -0.25) is 9.69 Å². The fraction of sp³-hybridized carbons (Fsp3) is 0.0435. The molecule has 0 aromatic heterocycles. The summed E-state index contributed by atoms with van der Waals surface area (Å²) in [5, 5.41) is 0.664. The number of benzene rings is 3. The molecule has 1 aliphatic heterocycles. The van der Waals surface area contributed by atoms with Crippen LogP contribution in [-0.4, -0.2) is 11.1 Å². The standard InChI is InChI=1S/C23H18N2OS/c1-17-12-14-19(15-13-17)25-22(26)21(16-18-8-4-2-5-9-18)24-23(25)27-20-10-6-3-7-11-20/h2-16H,1H3/b21-16+. The highest BCUT2D eigenvalue weighted by Gasteiger charge is 2.32. The predicted octanol–water partition coefficient (Wildman–Crippen LogP) is 5.53. The fourth-order valence-electron chi connectivity index (χ4n) is 2.79. The Hall–Kier alpha value is -3.11. The van der Waals surface area contributed by atoms with Gasteiger partial charge in [0.25, 0.3) is 5.91 Å². The number of hydrogen-bond acceptors (Lipinski definition) is 3. The third-order valence-corrected chi connectivity index (χ3v) is 5.14. The Morgan fingerprint density at radius 2 is 1.48 bits per heavy atom. The van der Waals surface area contributed by atoms with Gasteiger partial charge in [-0.15, -0.1) is 0 Å². The lowest BCUT2D eigenvalue weighted by Crippen LogP contribution is -2.30. The Kier molecular flexibility index (Phi) is 4.90. The van der Waals surface area contributed by atoms with Crippen molar-refractivity contribution in [3.63, 3.8) is 0 Å². The van der Waals surface area contributed by atoms with E-state index in [0.29, 0.717) is 10.9 Å². The highest BCUT2D eigenvalue weighted by Crippen LogP contribution is 2.32. The number of aryl methyl sites for hydroxylation is 1. The highest BCUT2D eigenvalue weighted by molar-refractivity contribution is 8.14. The number of hydrogen-bond donors (Lipinski definition) is 0. The molecule has 0 saturated carbocycles. The molecule has 0 aliphatic carbocycles. The van der Waals surface area contributed by atoms with E-state index in [-0.39, 0.29) is 5.91 Å². The normalized spacial score (nSPS) is 15.3. The summed E-state index contributed by atoms with van der Waals surface area (Å²) in [6.07, 6.45) is 1.84. The maximum atomic E-state index is 13.1. The minimum absolute atomic E-state index is 0.110. The first kappa shape index (κ1) is 17.3. The van der Waals surface area contributed by atoms with E-state index in [1.165, 1.54) is 11.8 Å². The zero-order valence-corrected chi connectivity index (χ0v) is 15.7. The molecule has 0 spiro atoms. The summed E-state index contributed by atoms with van der Waals surface area (Å²) in [4.78, 5) is 20.5. The average molecular weight is 370 g/mol. The van der Waals surface area contributed by atoms with E-state index in [1.807, 2.05) is 97.9 Å². The van der Waals surface area contributed by atoms with Crippen LogP contribution in [0.4, 0.5) is 5.69 Å². The second-order valence-electron chi connectivity index (χ2n) is 6.23. The van der Waals surface area contributed by atoms with Crippen molar-refractivity contribution in [1.82, 2.24) is 0 Å². The SMILES string of the molecule is Cc1ccc(N2C(=O)/C(=C\c3ccccc3)N=C2Sc2ccccc2)cc1. The highest BCUT2D eigenvalue weighted by atomic mass is 32.2. The van der Waals surface area contributed by atoms with Crippen molar-refractivity contribution in [3.05, 3.63) is 102 Å². The number of thioether (sulfide) groups is 1. The Morgan fingerprint density at radius 3 is 2.15 bits per heavy atom. The van der Waals surface area contributed by atoms with Crippen molar-refractivity contribution in [1.29, 1.82) is 0 Å². The molecule has 0 bridgehead atoms. The van der Waals surface area contributed by atoms with Gasteiger partial charge < -0.3 is 0 Å². The van der Waals surface area contributed by atoms with Crippen molar-refractivity contribution >= 4 is 34.6 Å². The number of carbonyl (C=O) groups excluding carboxylic acids is 1. The molecule has 4 rings (SSSR count). The minimum atomic E-state index is -0.110. The Labute approximate surface area is 163 Å². The summed E-state index contributed by atoms with van der Waals surface area (Å²) >= 11 is 1.49. The molecule has 0 radical (unpaired) electrons. The number of nitrogens with zero attached hydrogens (tertiary/aromatic N) is 2. The van der Waals surface area contributed by atoms with E-state index < -0.39 is 0 Å². The number of carbonyl (C=O) groups is 1. The molecule has 0 atom stereocenters. The van der Waals surface area contributed by atoms with Crippen molar-refractivity contribution in [2.75, 3.05) is 4.90 Å². The van der Waals surface area contributed by atoms with Crippen LogP contribution in [0.15, 0.2) is 101 Å². The minimum Gasteiger partial charge on any atom is -0.266 e. The molecule has 3 aromatic rings. The fourth-order valence-corrected chi connectivity index (χ4v) is 3.72. The van der Waals surface area contributed by atoms with E-state index >= 15 is 0 Å². The molecule has 1 heterocycles. The van der Waals surface area contributed by atoms with Crippen molar-refractivity contribution in [2.24, 2.45) is 4.99 Å². The molecule has 3 aromatic carbocycles. The molecular weight excluding hydrogens is 352 g/mol. The van der Waals surface area contributed by atoms with E-state index in [0.717, 1.165) is 21.7 Å². The van der Waals surface area contributed by atoms with Gasteiger partial charge in [0.1, 0.15) is 5.70 Å². The zero-order chi connectivity index (χ0) is 18.6. The van der Waals surface area contributed by atoms with Crippen LogP contribution in [-0.2, 0) is 4.79 Å². The van der Waals surface area contributed by atoms with Crippen molar-refractivity contribution < 1.29 is 4.79 Å². The molecule has 3 nitrogen and oxygen atoms in total. The van der Waals surface area contributed by atoms with Gasteiger partial charge in [-0.05, 0) is 42.8 Å². The van der Waals surface area contributed by atoms with Crippen LogP contribution < -0.4 is 4.90 Å². The number of rotatable bonds is 3. The average Bonchev–Trinajstić information content (AvgIpc) is 2.99. The van der Waals surface area contributed by atoms with Crippen LogP contribution in [0.2, 0.25) is 0 Å². The molecule has 0 fully saturated rings. The van der Waals surface area contributed by atoms with E-state index in [4.69, 9.17) is 0 Å². The smallest absolute Gasteiger partial charge is 0.266 e. The van der Waals surface area contributed by atoms with Crippen LogP contribution in [0.1, 0.15) is 11.1 Å². The van der Waals surface area contributed by atoms with Crippen LogP contribution in [0, 0.1) is 6.92 Å². The molecule has 0 saturated heterocycles. The zero-order valence-electron chi connectivity index (χ0n) is 14.9. The van der Waals surface area contributed by atoms with Gasteiger partial charge >= 0.3 is 0 Å². The number of aliphatic imine (C=N–C) groups is 1. The van der Waals surface area contributed by atoms with Gasteiger partial charge in [-0.2, -0.15) is 0 Å². The first-order valence-corrected chi connectivity index (χ1v) is 9.52. The predicted molar refractivity (Wildman–Crippen MR) is 113 cm³/mol. The maximum absolute atomic E-state index is 13.1. The lowest BCUT2D eigenvalue weighted by atomic mass is 10.2. The molecule has 0 N–H and O–H groups in total. The quantitative estimate of drug-likeness (QED) is 0.568. The summed E-state index contributed by atoms with van der Waals surface area (Å²) in [6, 6.07) is 27.7. The lowest BCUT2D eigenvalue weighted by molar-refractivity contribution is -0.113. The number of amides is 1. The van der Waals surface area contributed by atoms with Crippen LogP contribution >= 0.6 is 11.8 Å². The summed E-state index contributed by atoms with van der Waals surface area (Å²) in [6.45, 7) is 2.03. The van der Waals surface area contributed by atoms with E-state index in [1.54, 1.807) is 4.90 Å². The van der Waals surface area contributed by atoms with Gasteiger partial charge in [0, 0.05) is 4.90 Å². The molecule has 27 heavy (non-hydrogen) atoms. The monoisotopic (exact) mass is 370 g/mol. The van der Waals surface area contributed by atoms with Crippen LogP contribution in [0.25, 0.3) is 6.08 Å². The summed E-state index contributed by atoms with van der Waals surface area (Å²) in [5.74, 6) is -0.110. The molecule has 4 heteroatoms. The molecule has 1 aliphatic rings. The third kappa shape index (κ3) is 3.86. The van der Waals surface area contributed by atoms with E-state index in [9.17, 15) is 4.79 Å². The second kappa shape index (κ2) is 7.64. The number of anilines is 1. The van der Waals surface area contributed by atoms with Crippen molar-refractivity contribution in [2.45, 2.75) is 11.8 Å².